The van der Waals surface area contributed by atoms with Crippen molar-refractivity contribution in [1.82, 2.24) is 0 Å². The largest absolute Gasteiger partial charge is 0.494 e. The number of benzene rings is 2. The number of aryl methyl sites for hydroxylation is 1. The SMILES string of the molecule is CCCCCCCCCCCCOc1ccc(N=Nc2ccc(OCCCCCC[n+]3ccccc3)cc2)cc1. The Morgan fingerprint density at radius 3 is 1.40 bits per heavy atom. The summed E-state index contributed by atoms with van der Waals surface area (Å²) in [4.78, 5) is 0. The molecule has 0 unspecified atom stereocenters. The number of rotatable bonds is 22. The molecule has 3 rings (SSSR count). The maximum Gasteiger partial charge on any atom is 0.168 e. The summed E-state index contributed by atoms with van der Waals surface area (Å²) in [5, 5.41) is 8.72. The lowest BCUT2D eigenvalue weighted by Gasteiger charge is -2.06. The highest BCUT2D eigenvalue weighted by Gasteiger charge is 2.00. The van der Waals surface area contributed by atoms with Crippen LogP contribution in [-0.2, 0) is 6.54 Å². The van der Waals surface area contributed by atoms with E-state index in [1.165, 1.54) is 77.0 Å². The van der Waals surface area contributed by atoms with E-state index < -0.39 is 0 Å². The van der Waals surface area contributed by atoms with Gasteiger partial charge in [-0.2, -0.15) is 10.2 Å². The number of pyridine rings is 1. The first-order valence-electron chi connectivity index (χ1n) is 15.6. The molecular formula is C35H50N3O2+. The molecule has 1 heterocycles. The maximum absolute atomic E-state index is 5.90. The van der Waals surface area contributed by atoms with Crippen LogP contribution >= 0.6 is 0 Å². The smallest absolute Gasteiger partial charge is 0.168 e. The fraction of sp³-hybridized carbons (Fsp3) is 0.514. The third-order valence-electron chi connectivity index (χ3n) is 7.08. The zero-order valence-corrected chi connectivity index (χ0v) is 24.7. The zero-order chi connectivity index (χ0) is 27.9. The Morgan fingerprint density at radius 2 is 0.925 bits per heavy atom. The normalized spacial score (nSPS) is 11.2. The standard InChI is InChI=1S/C35H50N3O2/c1-2-3-4-5-6-7-8-9-11-17-30-39-34-23-19-32(20-24-34)36-37-33-21-25-35(26-22-33)40-31-18-12-10-14-27-38-28-15-13-16-29-38/h13,15-16,19-26,28-29H,2-12,14,17-18,27,30-31H2,1H3/q+1. The molecule has 0 aliphatic rings. The molecule has 0 N–H and O–H groups in total. The maximum atomic E-state index is 5.90. The second kappa shape index (κ2) is 20.7. The molecule has 1 aromatic heterocycles. The minimum Gasteiger partial charge on any atom is -0.494 e. The lowest BCUT2D eigenvalue weighted by Crippen LogP contribution is -2.32. The Kier molecular flexibility index (Phi) is 16.2. The van der Waals surface area contributed by atoms with E-state index >= 15 is 0 Å². The number of azo groups is 1. The number of ether oxygens (including phenoxy) is 2. The number of aromatic nitrogens is 1. The van der Waals surface area contributed by atoms with Crippen LogP contribution in [0.1, 0.15) is 96.8 Å². The fourth-order valence-corrected chi connectivity index (χ4v) is 4.64. The third kappa shape index (κ3) is 14.3. The van der Waals surface area contributed by atoms with Crippen LogP contribution in [0.5, 0.6) is 11.5 Å². The van der Waals surface area contributed by atoms with Gasteiger partial charge in [0.1, 0.15) is 18.0 Å². The Morgan fingerprint density at radius 1 is 0.500 bits per heavy atom. The van der Waals surface area contributed by atoms with E-state index in [9.17, 15) is 0 Å². The molecule has 0 bridgehead atoms. The van der Waals surface area contributed by atoms with E-state index in [2.05, 4.69) is 52.3 Å². The zero-order valence-electron chi connectivity index (χ0n) is 24.7. The lowest BCUT2D eigenvalue weighted by atomic mass is 10.1. The highest BCUT2D eigenvalue weighted by molar-refractivity contribution is 5.44. The first-order valence-corrected chi connectivity index (χ1v) is 15.6. The van der Waals surface area contributed by atoms with E-state index in [-0.39, 0.29) is 0 Å². The Hall–Kier alpha value is -3.21. The summed E-state index contributed by atoms with van der Waals surface area (Å²) in [5.41, 5.74) is 1.63. The first-order chi connectivity index (χ1) is 19.8. The number of nitrogens with zero attached hydrogens (tertiary/aromatic N) is 3. The predicted octanol–water partition coefficient (Wildman–Crippen LogP) is 10.3. The summed E-state index contributed by atoms with van der Waals surface area (Å²) in [5.74, 6) is 1.77. The van der Waals surface area contributed by atoms with Gasteiger partial charge in [0, 0.05) is 18.6 Å². The van der Waals surface area contributed by atoms with Crippen molar-refractivity contribution in [2.45, 2.75) is 103 Å². The molecule has 0 fully saturated rings. The Labute approximate surface area is 242 Å². The van der Waals surface area contributed by atoms with Gasteiger partial charge in [-0.1, -0.05) is 70.8 Å². The summed E-state index contributed by atoms with van der Waals surface area (Å²) in [6, 6.07) is 21.9. The number of unbranched alkanes of at least 4 members (excludes halogenated alkanes) is 12. The fourth-order valence-electron chi connectivity index (χ4n) is 4.64. The molecule has 216 valence electrons. The summed E-state index contributed by atoms with van der Waals surface area (Å²) >= 11 is 0. The average Bonchev–Trinajstić information content (AvgIpc) is 3.00. The van der Waals surface area contributed by atoms with Crippen LogP contribution in [0.3, 0.4) is 0 Å². The predicted molar refractivity (Wildman–Crippen MR) is 165 cm³/mol. The highest BCUT2D eigenvalue weighted by Crippen LogP contribution is 2.23. The van der Waals surface area contributed by atoms with Gasteiger partial charge < -0.3 is 9.47 Å². The van der Waals surface area contributed by atoms with E-state index in [0.29, 0.717) is 0 Å². The van der Waals surface area contributed by atoms with Crippen LogP contribution in [0.4, 0.5) is 11.4 Å². The molecule has 0 aliphatic heterocycles. The van der Waals surface area contributed by atoms with Gasteiger partial charge in [0.05, 0.1) is 24.6 Å². The number of hydrogen-bond donors (Lipinski definition) is 0. The van der Waals surface area contributed by atoms with E-state index in [4.69, 9.17) is 9.47 Å². The molecular weight excluding hydrogens is 494 g/mol. The summed E-state index contributed by atoms with van der Waals surface area (Å²) < 4.78 is 14.0. The molecule has 0 aliphatic carbocycles. The molecule has 5 heteroatoms. The Balaban J connectivity index is 1.21. The molecule has 0 saturated carbocycles. The minimum absolute atomic E-state index is 0.743. The monoisotopic (exact) mass is 544 g/mol. The quantitative estimate of drug-likeness (QED) is 0.0717. The highest BCUT2D eigenvalue weighted by atomic mass is 16.5. The first kappa shape index (κ1) is 31.3. The van der Waals surface area contributed by atoms with Gasteiger partial charge in [-0.15, -0.1) is 0 Å². The van der Waals surface area contributed by atoms with Crippen molar-refractivity contribution in [2.75, 3.05) is 13.2 Å². The van der Waals surface area contributed by atoms with Crippen LogP contribution in [0.15, 0.2) is 89.4 Å². The van der Waals surface area contributed by atoms with Gasteiger partial charge in [0.15, 0.2) is 12.4 Å². The second-order valence-electron chi connectivity index (χ2n) is 10.6. The van der Waals surface area contributed by atoms with Crippen LogP contribution in [0, 0.1) is 0 Å². The van der Waals surface area contributed by atoms with E-state index in [1.54, 1.807) is 0 Å². The summed E-state index contributed by atoms with van der Waals surface area (Å²) in [6.07, 6.45) is 22.3. The minimum atomic E-state index is 0.743. The Bertz CT molecular complexity index is 1040. The summed E-state index contributed by atoms with van der Waals surface area (Å²) in [6.45, 7) is 4.87. The average molecular weight is 545 g/mol. The van der Waals surface area contributed by atoms with Crippen LogP contribution in [-0.4, -0.2) is 13.2 Å². The molecule has 0 saturated heterocycles. The molecule has 0 radical (unpaired) electrons. The topological polar surface area (TPSA) is 47.1 Å². The van der Waals surface area contributed by atoms with E-state index in [0.717, 1.165) is 55.5 Å². The van der Waals surface area contributed by atoms with Crippen molar-refractivity contribution in [3.8, 4) is 11.5 Å². The molecule has 0 amide bonds. The number of hydrogen-bond acceptors (Lipinski definition) is 4. The third-order valence-corrected chi connectivity index (χ3v) is 7.08. The van der Waals surface area contributed by atoms with Crippen molar-refractivity contribution in [1.29, 1.82) is 0 Å². The lowest BCUT2D eigenvalue weighted by molar-refractivity contribution is -0.697. The van der Waals surface area contributed by atoms with Crippen molar-refractivity contribution in [3.05, 3.63) is 79.1 Å². The van der Waals surface area contributed by atoms with Crippen molar-refractivity contribution >= 4 is 11.4 Å². The van der Waals surface area contributed by atoms with Gasteiger partial charge in [0.25, 0.3) is 0 Å². The van der Waals surface area contributed by atoms with E-state index in [1.807, 2.05) is 48.5 Å². The molecule has 5 nitrogen and oxygen atoms in total. The van der Waals surface area contributed by atoms with Crippen LogP contribution in [0.25, 0.3) is 0 Å². The van der Waals surface area contributed by atoms with Gasteiger partial charge >= 0.3 is 0 Å². The molecule has 3 aromatic rings. The molecule has 40 heavy (non-hydrogen) atoms. The van der Waals surface area contributed by atoms with Gasteiger partial charge in [-0.3, -0.25) is 0 Å². The van der Waals surface area contributed by atoms with Crippen molar-refractivity contribution in [3.63, 3.8) is 0 Å². The van der Waals surface area contributed by atoms with Gasteiger partial charge in [0.2, 0.25) is 0 Å². The van der Waals surface area contributed by atoms with Crippen molar-refractivity contribution in [2.24, 2.45) is 10.2 Å². The van der Waals surface area contributed by atoms with Crippen LogP contribution in [0.2, 0.25) is 0 Å². The summed E-state index contributed by atoms with van der Waals surface area (Å²) in [7, 11) is 0. The van der Waals surface area contributed by atoms with Crippen molar-refractivity contribution < 1.29 is 14.0 Å². The molecule has 0 atom stereocenters. The molecule has 2 aromatic carbocycles. The molecule has 0 spiro atoms. The van der Waals surface area contributed by atoms with Crippen LogP contribution < -0.4 is 14.0 Å². The second-order valence-corrected chi connectivity index (χ2v) is 10.6. The van der Waals surface area contributed by atoms with Gasteiger partial charge in [-0.25, -0.2) is 4.57 Å². The van der Waals surface area contributed by atoms with Gasteiger partial charge in [-0.05, 0) is 74.2 Å².